The van der Waals surface area contributed by atoms with Gasteiger partial charge in [-0.1, -0.05) is 56.3 Å². The Hall–Kier alpha value is -4.82. The van der Waals surface area contributed by atoms with Crippen LogP contribution in [0.3, 0.4) is 0 Å². The number of carbonyl (C=O) groups excluding carboxylic acids is 1. The van der Waals surface area contributed by atoms with Crippen molar-refractivity contribution in [2.75, 3.05) is 49.1 Å². The molecule has 0 unspecified atom stereocenters. The van der Waals surface area contributed by atoms with Crippen LogP contribution in [0, 0.1) is 0 Å². The number of amides is 2. The number of rotatable bonds is 10. The lowest BCUT2D eigenvalue weighted by molar-refractivity contribution is 0.200. The number of hydrogen-bond acceptors (Lipinski definition) is 5. The molecule has 0 radical (unpaired) electrons. The third-order valence-corrected chi connectivity index (χ3v) is 8.43. The first-order valence-corrected chi connectivity index (χ1v) is 15.5. The summed E-state index contributed by atoms with van der Waals surface area (Å²) in [5.41, 5.74) is 14.1. The summed E-state index contributed by atoms with van der Waals surface area (Å²) in [4.78, 5) is 27.2. The van der Waals surface area contributed by atoms with Gasteiger partial charge in [-0.15, -0.1) is 0 Å². The molecule has 1 aromatic heterocycles. The number of imidazole rings is 1. The van der Waals surface area contributed by atoms with Gasteiger partial charge in [0, 0.05) is 38.3 Å². The van der Waals surface area contributed by atoms with Crippen molar-refractivity contribution in [3.8, 4) is 17.1 Å². The molecule has 44 heavy (non-hydrogen) atoms. The van der Waals surface area contributed by atoms with Gasteiger partial charge in [0.1, 0.15) is 23.7 Å². The number of urea groups is 1. The second-order valence-corrected chi connectivity index (χ2v) is 11.2. The van der Waals surface area contributed by atoms with E-state index in [1.165, 1.54) is 21.7 Å². The molecule has 1 aliphatic heterocycles. The number of piperazine rings is 1. The van der Waals surface area contributed by atoms with Crippen LogP contribution in [-0.4, -0.2) is 60.2 Å². The molecule has 4 aromatic carbocycles. The first kappa shape index (κ1) is 29.3. The number of aryl methyl sites for hydroxylation is 2. The Balaban J connectivity index is 1.02. The summed E-state index contributed by atoms with van der Waals surface area (Å²) in [6, 6.07) is 29.9. The lowest BCUT2D eigenvalue weighted by Crippen LogP contribution is -2.47. The highest BCUT2D eigenvalue weighted by Crippen LogP contribution is 2.30. The molecule has 3 N–H and O–H groups in total. The van der Waals surface area contributed by atoms with Gasteiger partial charge in [0.05, 0.1) is 22.6 Å². The van der Waals surface area contributed by atoms with Gasteiger partial charge < -0.3 is 20.4 Å². The zero-order valence-electron chi connectivity index (χ0n) is 25.5. The van der Waals surface area contributed by atoms with Crippen molar-refractivity contribution in [1.82, 2.24) is 14.9 Å². The third kappa shape index (κ3) is 6.40. The minimum absolute atomic E-state index is 0.521. The SMILES string of the molecule is CCc1ccc(-c2nc3c(N4CCN(CCOc5ccc(N(C(N)=O)c6ccc(CC)cc6)cc5)CC4)cccc3[nH]2)cc1. The zero-order chi connectivity index (χ0) is 30.5. The standard InChI is InChI=1S/C36H40N6O2/c1-3-26-8-12-28(13-9-26)35-38-32-6-5-7-33(34(32)39-35)41-22-20-40(21-23-41)24-25-44-31-18-16-30(17-19-31)42(36(37)43)29-14-10-27(4-2)11-15-29/h5-19H,3-4,20-25H2,1-2H3,(H2,37,43)(H,38,39). The van der Waals surface area contributed by atoms with Crippen LogP contribution in [0.1, 0.15) is 25.0 Å². The lowest BCUT2D eigenvalue weighted by atomic mass is 10.1. The van der Waals surface area contributed by atoms with Gasteiger partial charge in [-0.3, -0.25) is 9.80 Å². The maximum absolute atomic E-state index is 12.2. The normalized spacial score (nSPS) is 13.7. The third-order valence-electron chi connectivity index (χ3n) is 8.43. The highest BCUT2D eigenvalue weighted by molar-refractivity contribution is 5.98. The Labute approximate surface area is 259 Å². The minimum Gasteiger partial charge on any atom is -0.492 e. The molecule has 5 aromatic rings. The molecule has 0 spiro atoms. The predicted molar refractivity (Wildman–Crippen MR) is 179 cm³/mol. The Morgan fingerprint density at radius 2 is 1.45 bits per heavy atom. The van der Waals surface area contributed by atoms with Gasteiger partial charge >= 0.3 is 6.03 Å². The number of hydrogen-bond donors (Lipinski definition) is 2. The number of aromatic nitrogens is 2. The number of nitrogens with zero attached hydrogens (tertiary/aromatic N) is 4. The number of fused-ring (bicyclic) bond motifs is 1. The first-order valence-electron chi connectivity index (χ1n) is 15.5. The van der Waals surface area contributed by atoms with Gasteiger partial charge in [-0.2, -0.15) is 0 Å². The topological polar surface area (TPSA) is 90.7 Å². The molecule has 0 aliphatic carbocycles. The van der Waals surface area contributed by atoms with Crippen LogP contribution in [0.5, 0.6) is 5.75 Å². The van der Waals surface area contributed by atoms with E-state index in [0.29, 0.717) is 12.3 Å². The molecule has 2 heterocycles. The van der Waals surface area contributed by atoms with Gasteiger partial charge in [-0.05, 0) is 72.5 Å². The van der Waals surface area contributed by atoms with Crippen LogP contribution in [0.15, 0.2) is 91.0 Å². The van der Waals surface area contributed by atoms with Crippen molar-refractivity contribution in [2.24, 2.45) is 5.73 Å². The summed E-state index contributed by atoms with van der Waals surface area (Å²) >= 11 is 0. The van der Waals surface area contributed by atoms with Crippen molar-refractivity contribution < 1.29 is 9.53 Å². The van der Waals surface area contributed by atoms with Gasteiger partial charge in [0.15, 0.2) is 0 Å². The molecule has 0 atom stereocenters. The number of H-pyrrole nitrogens is 1. The van der Waals surface area contributed by atoms with Gasteiger partial charge in [0.25, 0.3) is 0 Å². The van der Waals surface area contributed by atoms with E-state index in [2.05, 4.69) is 71.1 Å². The van der Waals surface area contributed by atoms with E-state index in [4.69, 9.17) is 15.5 Å². The van der Waals surface area contributed by atoms with Crippen molar-refractivity contribution >= 4 is 34.1 Å². The lowest BCUT2D eigenvalue weighted by Gasteiger charge is -2.36. The molecule has 1 aliphatic rings. The smallest absolute Gasteiger partial charge is 0.323 e. The molecular weight excluding hydrogens is 548 g/mol. The molecule has 2 amide bonds. The fourth-order valence-corrected chi connectivity index (χ4v) is 5.79. The highest BCUT2D eigenvalue weighted by Gasteiger charge is 2.21. The molecule has 226 valence electrons. The molecule has 0 saturated carbocycles. The monoisotopic (exact) mass is 588 g/mol. The minimum atomic E-state index is -0.521. The molecule has 1 fully saturated rings. The number of nitrogens with one attached hydrogen (secondary N) is 1. The fourth-order valence-electron chi connectivity index (χ4n) is 5.79. The first-order chi connectivity index (χ1) is 21.5. The van der Waals surface area contributed by atoms with Crippen molar-refractivity contribution in [1.29, 1.82) is 0 Å². The quantitative estimate of drug-likeness (QED) is 0.188. The molecular formula is C36H40N6O2. The number of ether oxygens (including phenoxy) is 1. The molecule has 8 heteroatoms. The van der Waals surface area contributed by atoms with E-state index in [0.717, 1.165) is 79.4 Å². The van der Waals surface area contributed by atoms with E-state index in [-0.39, 0.29) is 0 Å². The van der Waals surface area contributed by atoms with Gasteiger partial charge in [-0.25, -0.2) is 9.78 Å². The van der Waals surface area contributed by atoms with Gasteiger partial charge in [0.2, 0.25) is 0 Å². The van der Waals surface area contributed by atoms with Crippen molar-refractivity contribution in [3.05, 3.63) is 102 Å². The maximum Gasteiger partial charge on any atom is 0.323 e. The summed E-state index contributed by atoms with van der Waals surface area (Å²) < 4.78 is 6.06. The summed E-state index contributed by atoms with van der Waals surface area (Å²) in [5, 5.41) is 0. The zero-order valence-corrected chi connectivity index (χ0v) is 25.5. The Bertz CT molecular complexity index is 1690. The second kappa shape index (κ2) is 13.2. The average Bonchev–Trinajstić information content (AvgIpc) is 3.51. The predicted octanol–water partition coefficient (Wildman–Crippen LogP) is 6.77. The van der Waals surface area contributed by atoms with Crippen LogP contribution in [0.2, 0.25) is 0 Å². The van der Waals surface area contributed by atoms with E-state index in [9.17, 15) is 4.79 Å². The number of aromatic amines is 1. The fraction of sp³-hybridized carbons (Fsp3) is 0.278. The summed E-state index contributed by atoms with van der Waals surface area (Å²) in [5.74, 6) is 1.68. The molecule has 1 saturated heterocycles. The summed E-state index contributed by atoms with van der Waals surface area (Å²) in [7, 11) is 0. The molecule has 0 bridgehead atoms. The van der Waals surface area contributed by atoms with E-state index in [1.807, 2.05) is 48.5 Å². The number of anilines is 3. The number of benzene rings is 4. The maximum atomic E-state index is 12.2. The molecule has 8 nitrogen and oxygen atoms in total. The number of primary amides is 1. The number of para-hydroxylation sites is 1. The largest absolute Gasteiger partial charge is 0.492 e. The number of nitrogens with two attached hydrogens (primary N) is 1. The van der Waals surface area contributed by atoms with Crippen molar-refractivity contribution in [3.63, 3.8) is 0 Å². The van der Waals surface area contributed by atoms with Crippen LogP contribution < -0.4 is 20.3 Å². The van der Waals surface area contributed by atoms with E-state index >= 15 is 0 Å². The van der Waals surface area contributed by atoms with Crippen LogP contribution >= 0.6 is 0 Å². The van der Waals surface area contributed by atoms with Crippen molar-refractivity contribution in [2.45, 2.75) is 26.7 Å². The van der Waals surface area contributed by atoms with E-state index in [1.54, 1.807) is 0 Å². The summed E-state index contributed by atoms with van der Waals surface area (Å²) in [6.45, 7) is 9.49. The van der Waals surface area contributed by atoms with Crippen LogP contribution in [0.4, 0.5) is 21.9 Å². The molecule has 6 rings (SSSR count). The Morgan fingerprint density at radius 3 is 2.07 bits per heavy atom. The Morgan fingerprint density at radius 1 is 0.841 bits per heavy atom. The number of carbonyl (C=O) groups is 1. The van der Waals surface area contributed by atoms with Crippen LogP contribution in [0.25, 0.3) is 22.4 Å². The average molecular weight is 589 g/mol. The summed E-state index contributed by atoms with van der Waals surface area (Å²) in [6.07, 6.45) is 1.97. The van der Waals surface area contributed by atoms with Crippen LogP contribution in [-0.2, 0) is 12.8 Å². The second-order valence-electron chi connectivity index (χ2n) is 11.2. The van der Waals surface area contributed by atoms with E-state index < -0.39 is 6.03 Å². The highest BCUT2D eigenvalue weighted by atomic mass is 16.5. The Kier molecular flexibility index (Phi) is 8.79.